The van der Waals surface area contributed by atoms with Crippen molar-refractivity contribution in [3.8, 4) is 0 Å². The highest BCUT2D eigenvalue weighted by molar-refractivity contribution is 5.71. The van der Waals surface area contributed by atoms with Crippen LogP contribution in [0.3, 0.4) is 0 Å². The first-order valence-corrected chi connectivity index (χ1v) is 35.9. The Bertz CT molecular complexity index is 1500. The summed E-state index contributed by atoms with van der Waals surface area (Å²) in [5.41, 5.74) is 0. The molecule has 0 aliphatic rings. The van der Waals surface area contributed by atoms with E-state index < -0.39 is 6.10 Å². The zero-order valence-electron chi connectivity index (χ0n) is 54.8. The summed E-state index contributed by atoms with van der Waals surface area (Å²) in [6.07, 6.45) is 92.1. The van der Waals surface area contributed by atoms with Crippen LogP contribution in [0.4, 0.5) is 0 Å². The number of hydrogen-bond donors (Lipinski definition) is 0. The molecule has 0 saturated carbocycles. The molecule has 1 unspecified atom stereocenters. The topological polar surface area (TPSA) is 78.9 Å². The summed E-state index contributed by atoms with van der Waals surface area (Å²) < 4.78 is 17.0. The Morgan fingerprint density at radius 2 is 0.476 bits per heavy atom. The molecule has 0 saturated heterocycles. The zero-order chi connectivity index (χ0) is 59.2. The van der Waals surface area contributed by atoms with E-state index in [1.54, 1.807) is 0 Å². The molecule has 0 bridgehead atoms. The Kier molecular flexibility index (Phi) is 67.6. The van der Waals surface area contributed by atoms with Crippen LogP contribution in [-0.4, -0.2) is 37.2 Å². The highest BCUT2D eigenvalue weighted by Crippen LogP contribution is 2.18. The molecule has 0 rings (SSSR count). The first-order valence-electron chi connectivity index (χ1n) is 35.9. The van der Waals surface area contributed by atoms with Crippen molar-refractivity contribution in [2.24, 2.45) is 0 Å². The van der Waals surface area contributed by atoms with Gasteiger partial charge in [0.15, 0.2) is 6.10 Å². The number of hydrogen-bond acceptors (Lipinski definition) is 6. The van der Waals surface area contributed by atoms with Crippen molar-refractivity contribution in [3.63, 3.8) is 0 Å². The van der Waals surface area contributed by atoms with Gasteiger partial charge in [-0.15, -0.1) is 0 Å². The standard InChI is InChI=1S/C76H136O6/c1-4-7-10-13-16-19-22-25-28-31-34-36-37-38-39-41-42-45-48-51-54-57-60-63-66-69-75(78)81-72-73(71-80-74(77)68-65-62-59-56-53-50-47-44-33-30-27-24-21-18-15-12-9-6-3)82-76(79)70-67-64-61-58-55-52-49-46-43-40-35-32-29-26-23-20-17-14-11-8-5-2/h8,11,17,20,26,29-30,33,35,40,46,49,73H,4-7,9-10,12-16,18-19,21-25,27-28,31-32,34,36-39,41-45,47-48,50-72H2,1-3H3/b11-8-,20-17-,29-26-,33-30-,40-35-,49-46-. The molecule has 0 N–H and O–H groups in total. The van der Waals surface area contributed by atoms with Crippen LogP contribution in [0.1, 0.15) is 374 Å². The van der Waals surface area contributed by atoms with E-state index in [-0.39, 0.29) is 31.1 Å². The average Bonchev–Trinajstić information content (AvgIpc) is 3.47. The molecule has 0 aliphatic heterocycles. The molecular formula is C76H136O6. The predicted octanol–water partition coefficient (Wildman–Crippen LogP) is 24.8. The van der Waals surface area contributed by atoms with Crippen LogP contribution in [0.25, 0.3) is 0 Å². The number of carbonyl (C=O) groups excluding carboxylic acids is 3. The average molecular weight is 1150 g/mol. The second kappa shape index (κ2) is 70.3. The van der Waals surface area contributed by atoms with Gasteiger partial charge in [0, 0.05) is 19.3 Å². The lowest BCUT2D eigenvalue weighted by atomic mass is 10.0. The molecular weight excluding hydrogens is 1010 g/mol. The molecule has 0 amide bonds. The Hall–Kier alpha value is -3.15. The lowest BCUT2D eigenvalue weighted by molar-refractivity contribution is -0.167. The Balaban J connectivity index is 4.35. The van der Waals surface area contributed by atoms with Crippen LogP contribution < -0.4 is 0 Å². The predicted molar refractivity (Wildman–Crippen MR) is 358 cm³/mol. The number of unbranched alkanes of at least 4 members (excludes halogenated alkanes) is 43. The van der Waals surface area contributed by atoms with Gasteiger partial charge in [0.2, 0.25) is 0 Å². The number of esters is 3. The Morgan fingerprint density at radius 1 is 0.256 bits per heavy atom. The monoisotopic (exact) mass is 1150 g/mol. The van der Waals surface area contributed by atoms with Crippen molar-refractivity contribution in [1.82, 2.24) is 0 Å². The largest absolute Gasteiger partial charge is 0.462 e. The molecule has 6 heteroatoms. The highest BCUT2D eigenvalue weighted by Gasteiger charge is 2.19. The number of allylic oxidation sites excluding steroid dienone is 12. The Morgan fingerprint density at radius 3 is 0.756 bits per heavy atom. The quantitative estimate of drug-likeness (QED) is 0.0261. The molecule has 1 atom stereocenters. The fourth-order valence-electron chi connectivity index (χ4n) is 10.6. The first-order chi connectivity index (χ1) is 40.5. The van der Waals surface area contributed by atoms with Crippen LogP contribution in [0, 0.1) is 0 Å². The SMILES string of the molecule is CC/C=C\C/C=C\C/C=C\C/C=C\C/C=C\CCCCCCCC(=O)OC(COC(=O)CCCCCCCCC/C=C\CCCCCCCCC)COC(=O)CCCCCCCCCCCCCCCCCCCCCCCCCCC. The summed E-state index contributed by atoms with van der Waals surface area (Å²) in [7, 11) is 0. The third-order valence-corrected chi connectivity index (χ3v) is 15.9. The van der Waals surface area contributed by atoms with Gasteiger partial charge < -0.3 is 14.2 Å². The van der Waals surface area contributed by atoms with E-state index in [9.17, 15) is 14.4 Å². The molecule has 0 fully saturated rings. The molecule has 82 heavy (non-hydrogen) atoms. The summed E-state index contributed by atoms with van der Waals surface area (Å²) in [6, 6.07) is 0. The van der Waals surface area contributed by atoms with E-state index >= 15 is 0 Å². The van der Waals surface area contributed by atoms with E-state index in [1.165, 1.54) is 225 Å². The highest BCUT2D eigenvalue weighted by atomic mass is 16.6. The lowest BCUT2D eigenvalue weighted by Crippen LogP contribution is -2.30. The lowest BCUT2D eigenvalue weighted by Gasteiger charge is -2.18. The van der Waals surface area contributed by atoms with Crippen LogP contribution in [0.2, 0.25) is 0 Å². The van der Waals surface area contributed by atoms with Crippen LogP contribution in [-0.2, 0) is 28.6 Å². The molecule has 0 aliphatic carbocycles. The van der Waals surface area contributed by atoms with Gasteiger partial charge in [0.25, 0.3) is 0 Å². The first kappa shape index (κ1) is 78.8. The van der Waals surface area contributed by atoms with Crippen molar-refractivity contribution >= 4 is 17.9 Å². The van der Waals surface area contributed by atoms with Crippen LogP contribution in [0.15, 0.2) is 72.9 Å². The van der Waals surface area contributed by atoms with Crippen molar-refractivity contribution < 1.29 is 28.6 Å². The van der Waals surface area contributed by atoms with Gasteiger partial charge in [0.05, 0.1) is 0 Å². The van der Waals surface area contributed by atoms with Gasteiger partial charge in [-0.2, -0.15) is 0 Å². The molecule has 476 valence electrons. The van der Waals surface area contributed by atoms with E-state index in [1.807, 2.05) is 0 Å². The van der Waals surface area contributed by atoms with Gasteiger partial charge >= 0.3 is 17.9 Å². The maximum atomic E-state index is 13.0. The summed E-state index contributed by atoms with van der Waals surface area (Å²) in [6.45, 7) is 6.57. The van der Waals surface area contributed by atoms with Crippen molar-refractivity contribution in [1.29, 1.82) is 0 Å². The normalized spacial score (nSPS) is 12.5. The summed E-state index contributed by atoms with van der Waals surface area (Å²) in [5.74, 6) is -0.882. The Labute approximate surface area is 510 Å². The van der Waals surface area contributed by atoms with Crippen LogP contribution in [0.5, 0.6) is 0 Å². The van der Waals surface area contributed by atoms with E-state index in [2.05, 4.69) is 93.7 Å². The van der Waals surface area contributed by atoms with E-state index in [4.69, 9.17) is 14.2 Å². The zero-order valence-corrected chi connectivity index (χ0v) is 54.8. The van der Waals surface area contributed by atoms with Gasteiger partial charge in [0.1, 0.15) is 13.2 Å². The van der Waals surface area contributed by atoms with Crippen molar-refractivity contribution in [2.75, 3.05) is 13.2 Å². The second-order valence-electron chi connectivity index (χ2n) is 24.1. The molecule has 0 radical (unpaired) electrons. The van der Waals surface area contributed by atoms with Gasteiger partial charge in [-0.25, -0.2) is 0 Å². The number of carbonyl (C=O) groups is 3. The summed E-state index contributed by atoms with van der Waals surface area (Å²) in [5, 5.41) is 0. The summed E-state index contributed by atoms with van der Waals surface area (Å²) in [4.78, 5) is 38.5. The molecule has 0 aromatic carbocycles. The van der Waals surface area contributed by atoms with Crippen LogP contribution >= 0.6 is 0 Å². The molecule has 0 spiro atoms. The minimum absolute atomic E-state index is 0.0813. The number of rotatable bonds is 66. The molecule has 0 aromatic heterocycles. The minimum Gasteiger partial charge on any atom is -0.462 e. The maximum absolute atomic E-state index is 13.0. The van der Waals surface area contributed by atoms with E-state index in [0.29, 0.717) is 19.3 Å². The summed E-state index contributed by atoms with van der Waals surface area (Å²) >= 11 is 0. The molecule has 0 aromatic rings. The third-order valence-electron chi connectivity index (χ3n) is 15.9. The number of ether oxygens (including phenoxy) is 3. The molecule has 6 nitrogen and oxygen atoms in total. The smallest absolute Gasteiger partial charge is 0.306 e. The third kappa shape index (κ3) is 67.6. The van der Waals surface area contributed by atoms with Gasteiger partial charge in [-0.3, -0.25) is 14.4 Å². The van der Waals surface area contributed by atoms with Gasteiger partial charge in [-0.1, -0.05) is 338 Å². The van der Waals surface area contributed by atoms with E-state index in [0.717, 1.165) is 109 Å². The fourth-order valence-corrected chi connectivity index (χ4v) is 10.6. The molecule has 0 heterocycles. The van der Waals surface area contributed by atoms with Crippen molar-refractivity contribution in [3.05, 3.63) is 72.9 Å². The maximum Gasteiger partial charge on any atom is 0.306 e. The fraction of sp³-hybridized carbons (Fsp3) is 0.803. The van der Waals surface area contributed by atoms with Crippen molar-refractivity contribution in [2.45, 2.75) is 380 Å². The second-order valence-corrected chi connectivity index (χ2v) is 24.1. The van der Waals surface area contributed by atoms with Gasteiger partial charge in [-0.05, 0) is 89.9 Å². The minimum atomic E-state index is -0.789.